The third-order valence-electron chi connectivity index (χ3n) is 7.11. The third kappa shape index (κ3) is 2.75. The average Bonchev–Trinajstić information content (AvgIpc) is 2.89. The number of hydrazine groups is 2. The van der Waals surface area contributed by atoms with Crippen molar-refractivity contribution in [1.82, 2.24) is 4.52 Å². The third-order valence-corrected chi connectivity index (χ3v) is 8.03. The minimum atomic E-state index is -4.17. The van der Waals surface area contributed by atoms with E-state index in [0.29, 0.717) is 17.8 Å². The van der Waals surface area contributed by atoms with Crippen molar-refractivity contribution in [1.29, 1.82) is 0 Å². The molecule has 0 bridgehead atoms. The fourth-order valence-corrected chi connectivity index (χ4v) is 6.18. The fraction of sp³-hybridized carbons (Fsp3) is 0.667. The van der Waals surface area contributed by atoms with Gasteiger partial charge in [0.25, 0.3) is 0 Å². The topological polar surface area (TPSA) is 119 Å². The second-order valence-electron chi connectivity index (χ2n) is 8.28. The van der Waals surface area contributed by atoms with Gasteiger partial charge in [0.1, 0.15) is 5.75 Å². The van der Waals surface area contributed by atoms with E-state index in [9.17, 15) is 13.5 Å². The normalized spacial score (nSPS) is 36.3. The molecular weight excluding hydrogens is 354 g/mol. The first-order valence-corrected chi connectivity index (χ1v) is 10.6. The maximum absolute atomic E-state index is 11.7. The van der Waals surface area contributed by atoms with Crippen LogP contribution in [0, 0.1) is 17.3 Å². The number of aliphatic hydroxyl groups excluding tert-OH is 1. The number of benzene rings is 1. The summed E-state index contributed by atoms with van der Waals surface area (Å²) in [7, 11) is -4.17. The summed E-state index contributed by atoms with van der Waals surface area (Å²) in [5.41, 5.74) is 2.50. The molecule has 4 rings (SSSR count). The van der Waals surface area contributed by atoms with Crippen molar-refractivity contribution in [2.75, 3.05) is 0 Å². The van der Waals surface area contributed by atoms with Gasteiger partial charge in [0.2, 0.25) is 0 Å². The molecule has 3 aliphatic carbocycles. The largest absolute Gasteiger partial charge is 0.411 e. The maximum atomic E-state index is 11.7. The van der Waals surface area contributed by atoms with Crippen molar-refractivity contribution in [2.24, 2.45) is 28.9 Å². The van der Waals surface area contributed by atoms with Crippen LogP contribution < -0.4 is 15.9 Å². The highest BCUT2D eigenvalue weighted by Gasteiger charge is 2.54. The highest BCUT2D eigenvalue weighted by atomic mass is 32.2. The molecule has 26 heavy (non-hydrogen) atoms. The Labute approximate surface area is 154 Å². The van der Waals surface area contributed by atoms with Crippen LogP contribution in [0.5, 0.6) is 5.75 Å². The van der Waals surface area contributed by atoms with E-state index in [1.165, 1.54) is 5.56 Å². The predicted molar refractivity (Wildman–Crippen MR) is 96.8 cm³/mol. The van der Waals surface area contributed by atoms with E-state index in [4.69, 9.17) is 15.9 Å². The second-order valence-corrected chi connectivity index (χ2v) is 9.73. The van der Waals surface area contributed by atoms with Gasteiger partial charge < -0.3 is 9.29 Å². The summed E-state index contributed by atoms with van der Waals surface area (Å²) in [4.78, 5) is 0. The smallest absolute Gasteiger partial charge is 0.393 e. The standard InChI is InChI=1S/C18H27N3O4S/c1-18-9-8-14-13-5-3-12(25-26(23,24)21(19)20)10-11(13)2-4-15(14)16(18)6-7-17(18)22/h3,5,10,14-17,22H,2,4,6-9,19-20H2,1H3. The lowest BCUT2D eigenvalue weighted by Crippen LogP contribution is -2.45. The Kier molecular flexibility index (Phi) is 4.32. The molecule has 0 radical (unpaired) electrons. The lowest BCUT2D eigenvalue weighted by molar-refractivity contribution is -0.0226. The molecule has 0 saturated heterocycles. The second kappa shape index (κ2) is 6.17. The summed E-state index contributed by atoms with van der Waals surface area (Å²) < 4.78 is 28.5. The molecule has 0 amide bonds. The minimum absolute atomic E-state index is 0.0571. The molecule has 2 saturated carbocycles. The quantitative estimate of drug-likeness (QED) is 0.540. The summed E-state index contributed by atoms with van der Waals surface area (Å²) in [5, 5.41) is 10.5. The first kappa shape index (κ1) is 18.2. The van der Waals surface area contributed by atoms with Crippen molar-refractivity contribution >= 4 is 10.3 Å². The Morgan fingerprint density at radius 2 is 2.00 bits per heavy atom. The molecule has 0 heterocycles. The molecule has 1 aromatic rings. The Bertz CT molecular complexity index is 813. The van der Waals surface area contributed by atoms with Gasteiger partial charge >= 0.3 is 10.3 Å². The zero-order chi connectivity index (χ0) is 18.7. The summed E-state index contributed by atoms with van der Waals surface area (Å²) in [6.07, 6.45) is 5.92. The van der Waals surface area contributed by atoms with Gasteiger partial charge in [-0.25, -0.2) is 11.7 Å². The molecule has 8 heteroatoms. The molecule has 0 aromatic heterocycles. The van der Waals surface area contributed by atoms with E-state index >= 15 is 0 Å². The highest BCUT2D eigenvalue weighted by Crippen LogP contribution is 2.60. The maximum Gasteiger partial charge on any atom is 0.411 e. The van der Waals surface area contributed by atoms with Gasteiger partial charge in [-0.3, -0.25) is 0 Å². The van der Waals surface area contributed by atoms with Crippen LogP contribution in [0.3, 0.4) is 0 Å². The molecule has 0 aliphatic heterocycles. The van der Waals surface area contributed by atoms with Crippen LogP contribution in [-0.2, 0) is 16.7 Å². The van der Waals surface area contributed by atoms with Crippen molar-refractivity contribution in [2.45, 2.75) is 57.5 Å². The molecule has 3 aliphatic rings. The molecule has 1 aromatic carbocycles. The average molecular weight is 381 g/mol. The SMILES string of the molecule is CC12CCC3c4ccc(OS(=O)(=O)N(N)N)cc4CCC3C1CCC2O. The summed E-state index contributed by atoms with van der Waals surface area (Å²) in [5.74, 6) is 12.1. The highest BCUT2D eigenvalue weighted by molar-refractivity contribution is 7.84. The molecule has 144 valence electrons. The van der Waals surface area contributed by atoms with Crippen LogP contribution in [0.1, 0.15) is 56.1 Å². The van der Waals surface area contributed by atoms with Crippen LogP contribution in [-0.4, -0.2) is 24.2 Å². The zero-order valence-electron chi connectivity index (χ0n) is 15.0. The van der Waals surface area contributed by atoms with Crippen LogP contribution in [0.25, 0.3) is 0 Å². The number of fused-ring (bicyclic) bond motifs is 5. The fourth-order valence-electron chi connectivity index (χ4n) is 5.75. The van der Waals surface area contributed by atoms with E-state index in [1.807, 2.05) is 6.07 Å². The number of hydrogen-bond acceptors (Lipinski definition) is 6. The Balaban J connectivity index is 1.60. The van der Waals surface area contributed by atoms with Gasteiger partial charge in [-0.2, -0.15) is 8.42 Å². The van der Waals surface area contributed by atoms with E-state index in [1.54, 1.807) is 12.1 Å². The Morgan fingerprint density at radius 1 is 1.23 bits per heavy atom. The van der Waals surface area contributed by atoms with Crippen LogP contribution in [0.15, 0.2) is 18.2 Å². The van der Waals surface area contributed by atoms with E-state index in [0.717, 1.165) is 44.1 Å². The molecule has 5 unspecified atom stereocenters. The molecule has 5 N–H and O–H groups in total. The number of aryl methyl sites for hydroxylation is 1. The van der Waals surface area contributed by atoms with E-state index < -0.39 is 10.3 Å². The molecular formula is C18H27N3O4S. The number of hydrogen-bond donors (Lipinski definition) is 3. The van der Waals surface area contributed by atoms with Gasteiger partial charge in [0.05, 0.1) is 6.10 Å². The summed E-state index contributed by atoms with van der Waals surface area (Å²) >= 11 is 0. The van der Waals surface area contributed by atoms with E-state index in [2.05, 4.69) is 6.92 Å². The lowest BCUT2D eigenvalue weighted by atomic mass is 9.55. The summed E-state index contributed by atoms with van der Waals surface area (Å²) in [6, 6.07) is 5.46. The van der Waals surface area contributed by atoms with Crippen LogP contribution in [0.2, 0.25) is 0 Å². The first-order valence-electron chi connectivity index (χ1n) is 9.27. The predicted octanol–water partition coefficient (Wildman–Crippen LogP) is 1.58. The minimum Gasteiger partial charge on any atom is -0.393 e. The van der Waals surface area contributed by atoms with Gasteiger partial charge in [0.15, 0.2) is 0 Å². The number of aliphatic hydroxyl groups is 1. The number of nitrogens with two attached hydrogens (primary N) is 2. The van der Waals surface area contributed by atoms with Crippen molar-refractivity contribution in [3.63, 3.8) is 0 Å². The van der Waals surface area contributed by atoms with Crippen LogP contribution >= 0.6 is 0 Å². The number of nitrogens with zero attached hydrogens (tertiary/aromatic N) is 1. The van der Waals surface area contributed by atoms with Gasteiger partial charge in [-0.05, 0) is 89.5 Å². The van der Waals surface area contributed by atoms with Gasteiger partial charge in [-0.15, -0.1) is 0 Å². The monoisotopic (exact) mass is 381 g/mol. The van der Waals surface area contributed by atoms with E-state index in [-0.39, 0.29) is 21.8 Å². The molecule has 0 spiro atoms. The Hall–Kier alpha value is -1.19. The lowest BCUT2D eigenvalue weighted by Gasteiger charge is -2.50. The molecule has 5 atom stereocenters. The number of rotatable bonds is 3. The zero-order valence-corrected chi connectivity index (χ0v) is 15.8. The van der Waals surface area contributed by atoms with Crippen LogP contribution in [0.4, 0.5) is 0 Å². The van der Waals surface area contributed by atoms with Gasteiger partial charge in [-0.1, -0.05) is 13.0 Å². The Morgan fingerprint density at radius 3 is 2.73 bits per heavy atom. The molecule has 2 fully saturated rings. The van der Waals surface area contributed by atoms with Gasteiger partial charge in [0, 0.05) is 0 Å². The van der Waals surface area contributed by atoms with Crippen molar-refractivity contribution in [3.8, 4) is 5.75 Å². The van der Waals surface area contributed by atoms with Crippen molar-refractivity contribution < 1.29 is 17.7 Å². The molecule has 7 nitrogen and oxygen atoms in total. The van der Waals surface area contributed by atoms with Crippen molar-refractivity contribution in [3.05, 3.63) is 29.3 Å². The first-order chi connectivity index (χ1) is 12.2. The summed E-state index contributed by atoms with van der Waals surface area (Å²) in [6.45, 7) is 2.26.